The van der Waals surface area contributed by atoms with E-state index in [4.69, 9.17) is 18.9 Å². The van der Waals surface area contributed by atoms with Gasteiger partial charge < -0.3 is 13.9 Å². The van der Waals surface area contributed by atoms with Crippen LogP contribution in [0.15, 0.2) is 46.9 Å². The highest BCUT2D eigenvalue weighted by Gasteiger charge is 2.33. The summed E-state index contributed by atoms with van der Waals surface area (Å²) in [4.78, 5) is 17.7. The van der Waals surface area contributed by atoms with Gasteiger partial charge in [0.2, 0.25) is 5.89 Å². The molecular weight excluding hydrogens is 430 g/mol. The number of aromatic nitrogens is 1. The van der Waals surface area contributed by atoms with Gasteiger partial charge in [-0.15, -0.1) is 0 Å². The van der Waals surface area contributed by atoms with Gasteiger partial charge in [0.25, 0.3) is 6.47 Å². The summed E-state index contributed by atoms with van der Waals surface area (Å²) in [6.07, 6.45) is 3.59. The normalized spacial score (nSPS) is 20.4. The fourth-order valence-corrected chi connectivity index (χ4v) is 4.66. The molecule has 2 unspecified atom stereocenters. The first-order chi connectivity index (χ1) is 16.1. The average Bonchev–Trinajstić information content (AvgIpc) is 3.44. The molecular formula is C25H24F2N2O4. The Balaban J connectivity index is 1.21. The van der Waals surface area contributed by atoms with Crippen LogP contribution in [0.4, 0.5) is 8.78 Å². The highest BCUT2D eigenvalue weighted by Crippen LogP contribution is 2.32. The predicted molar refractivity (Wildman–Crippen MR) is 115 cm³/mol. The Morgan fingerprint density at radius 1 is 1.12 bits per heavy atom. The summed E-state index contributed by atoms with van der Waals surface area (Å²) in [5.74, 6) is 0.802. The maximum Gasteiger partial charge on any atom is 0.293 e. The van der Waals surface area contributed by atoms with Crippen molar-refractivity contribution in [3.05, 3.63) is 71.1 Å². The van der Waals surface area contributed by atoms with Crippen molar-refractivity contribution in [2.75, 3.05) is 6.54 Å². The lowest BCUT2D eigenvalue weighted by molar-refractivity contribution is -0.133. The lowest BCUT2D eigenvalue weighted by Gasteiger charge is -2.30. The maximum absolute atomic E-state index is 13.3. The molecule has 0 amide bonds. The van der Waals surface area contributed by atoms with Crippen molar-refractivity contribution in [2.24, 2.45) is 0 Å². The van der Waals surface area contributed by atoms with Gasteiger partial charge >= 0.3 is 0 Å². The van der Waals surface area contributed by atoms with Crippen LogP contribution in [-0.4, -0.2) is 35.0 Å². The molecule has 1 aromatic heterocycles. The summed E-state index contributed by atoms with van der Waals surface area (Å²) in [5.41, 5.74) is 2.21. The Bertz CT molecular complexity index is 1110. The van der Waals surface area contributed by atoms with Crippen molar-refractivity contribution in [1.82, 2.24) is 9.88 Å². The van der Waals surface area contributed by atoms with Crippen LogP contribution in [0.25, 0.3) is 11.5 Å². The van der Waals surface area contributed by atoms with Gasteiger partial charge in [-0.1, -0.05) is 0 Å². The van der Waals surface area contributed by atoms with E-state index < -0.39 is 11.6 Å². The zero-order valence-corrected chi connectivity index (χ0v) is 18.0. The van der Waals surface area contributed by atoms with E-state index >= 15 is 0 Å². The van der Waals surface area contributed by atoms with Crippen LogP contribution in [0.5, 0.6) is 5.75 Å². The van der Waals surface area contributed by atoms with E-state index in [1.54, 1.807) is 12.1 Å². The van der Waals surface area contributed by atoms with E-state index in [-0.39, 0.29) is 12.7 Å². The molecule has 2 aliphatic rings. The Kier molecular flexibility index (Phi) is 6.09. The van der Waals surface area contributed by atoms with E-state index in [1.165, 1.54) is 12.1 Å². The first-order valence-corrected chi connectivity index (χ1v) is 11.1. The SMILES string of the molecule is O=COC1CCC(N2CCc3oc(-c4ccc(OCc5cc(F)cc(F)c5)cc4)nc3C2)C1. The van der Waals surface area contributed by atoms with E-state index in [0.29, 0.717) is 29.7 Å². The minimum absolute atomic E-state index is 0.0161. The number of rotatable bonds is 7. The van der Waals surface area contributed by atoms with E-state index in [2.05, 4.69) is 4.90 Å². The first kappa shape index (κ1) is 21.6. The molecule has 1 aliphatic carbocycles. The molecule has 0 N–H and O–H groups in total. The van der Waals surface area contributed by atoms with E-state index in [9.17, 15) is 13.6 Å². The third kappa shape index (κ3) is 4.90. The number of carbonyl (C=O) groups is 1. The smallest absolute Gasteiger partial charge is 0.293 e. The molecule has 8 heteroatoms. The van der Waals surface area contributed by atoms with Crippen LogP contribution >= 0.6 is 0 Å². The Morgan fingerprint density at radius 2 is 1.91 bits per heavy atom. The zero-order valence-electron chi connectivity index (χ0n) is 18.0. The fraction of sp³-hybridized carbons (Fsp3) is 0.360. The van der Waals surface area contributed by atoms with Gasteiger partial charge in [-0.3, -0.25) is 9.69 Å². The zero-order chi connectivity index (χ0) is 22.8. The van der Waals surface area contributed by atoms with Gasteiger partial charge in [-0.2, -0.15) is 0 Å². The minimum atomic E-state index is -0.627. The van der Waals surface area contributed by atoms with E-state index in [1.807, 2.05) is 12.1 Å². The van der Waals surface area contributed by atoms with Crippen molar-refractivity contribution in [3.8, 4) is 17.2 Å². The molecule has 5 rings (SSSR count). The van der Waals surface area contributed by atoms with Crippen molar-refractivity contribution >= 4 is 6.47 Å². The van der Waals surface area contributed by atoms with Gasteiger partial charge in [-0.25, -0.2) is 13.8 Å². The van der Waals surface area contributed by atoms with Crippen molar-refractivity contribution in [3.63, 3.8) is 0 Å². The Morgan fingerprint density at radius 3 is 2.67 bits per heavy atom. The summed E-state index contributed by atoms with van der Waals surface area (Å²) in [6, 6.07) is 11.0. The second kappa shape index (κ2) is 9.31. The maximum atomic E-state index is 13.3. The van der Waals surface area contributed by atoms with Crippen LogP contribution in [0.1, 0.15) is 36.3 Å². The molecule has 0 radical (unpaired) electrons. The summed E-state index contributed by atoms with van der Waals surface area (Å²) < 4.78 is 43.4. The number of ether oxygens (including phenoxy) is 2. The largest absolute Gasteiger partial charge is 0.489 e. The lowest BCUT2D eigenvalue weighted by atomic mass is 10.1. The first-order valence-electron chi connectivity index (χ1n) is 11.1. The molecule has 2 atom stereocenters. The molecule has 1 aliphatic heterocycles. The number of halogens is 2. The number of hydrogen-bond acceptors (Lipinski definition) is 6. The molecule has 0 spiro atoms. The fourth-order valence-electron chi connectivity index (χ4n) is 4.66. The highest BCUT2D eigenvalue weighted by molar-refractivity contribution is 5.55. The molecule has 172 valence electrons. The lowest BCUT2D eigenvalue weighted by Crippen LogP contribution is -2.38. The van der Waals surface area contributed by atoms with Crippen LogP contribution in [0, 0.1) is 11.6 Å². The van der Waals surface area contributed by atoms with Gasteiger partial charge in [0.15, 0.2) is 0 Å². The van der Waals surface area contributed by atoms with Crippen molar-refractivity contribution < 1.29 is 27.5 Å². The molecule has 1 saturated carbocycles. The number of fused-ring (bicyclic) bond motifs is 1. The number of oxazole rings is 1. The minimum Gasteiger partial charge on any atom is -0.489 e. The molecule has 0 bridgehead atoms. The van der Waals surface area contributed by atoms with Crippen LogP contribution < -0.4 is 4.74 Å². The summed E-state index contributed by atoms with van der Waals surface area (Å²) in [5, 5.41) is 0. The van der Waals surface area contributed by atoms with E-state index in [0.717, 1.165) is 61.9 Å². The number of nitrogens with zero attached hydrogens (tertiary/aromatic N) is 2. The van der Waals surface area contributed by atoms with Crippen LogP contribution in [0.3, 0.4) is 0 Å². The number of benzene rings is 2. The molecule has 2 aromatic carbocycles. The molecule has 2 heterocycles. The molecule has 0 saturated heterocycles. The van der Waals surface area contributed by atoms with Gasteiger partial charge in [-0.05, 0) is 61.2 Å². The van der Waals surface area contributed by atoms with Gasteiger partial charge in [0, 0.05) is 37.2 Å². The average molecular weight is 454 g/mol. The third-order valence-corrected chi connectivity index (χ3v) is 6.31. The summed E-state index contributed by atoms with van der Waals surface area (Å²) >= 11 is 0. The quantitative estimate of drug-likeness (QED) is 0.484. The van der Waals surface area contributed by atoms with Crippen molar-refractivity contribution in [1.29, 1.82) is 0 Å². The standard InChI is InChI=1S/C25H24F2N2O4/c26-18-9-16(10-19(27)11-18)14-31-21-4-1-17(2-5-21)25-28-23-13-29(8-7-24(23)33-25)20-3-6-22(12-20)32-15-30/h1-2,4-5,9-11,15,20,22H,3,6-8,12-14H2. The second-order valence-corrected chi connectivity index (χ2v) is 8.52. The Hall–Kier alpha value is -3.26. The predicted octanol–water partition coefficient (Wildman–Crippen LogP) is 4.65. The van der Waals surface area contributed by atoms with Gasteiger partial charge in [0.1, 0.15) is 35.9 Å². The molecule has 6 nitrogen and oxygen atoms in total. The van der Waals surface area contributed by atoms with Gasteiger partial charge in [0.05, 0.1) is 5.69 Å². The Labute approximate surface area is 190 Å². The van der Waals surface area contributed by atoms with Crippen LogP contribution in [-0.2, 0) is 29.1 Å². The number of carbonyl (C=O) groups excluding carboxylic acids is 1. The highest BCUT2D eigenvalue weighted by atomic mass is 19.1. The topological polar surface area (TPSA) is 64.8 Å². The number of hydrogen-bond donors (Lipinski definition) is 0. The molecule has 33 heavy (non-hydrogen) atoms. The third-order valence-electron chi connectivity index (χ3n) is 6.31. The van der Waals surface area contributed by atoms with Crippen LogP contribution in [0.2, 0.25) is 0 Å². The molecule has 3 aromatic rings. The molecule has 1 fully saturated rings. The van der Waals surface area contributed by atoms with Crippen molar-refractivity contribution in [2.45, 2.75) is 51.0 Å². The summed E-state index contributed by atoms with van der Waals surface area (Å²) in [6.45, 7) is 2.23. The second-order valence-electron chi connectivity index (χ2n) is 8.52. The monoisotopic (exact) mass is 454 g/mol. The summed E-state index contributed by atoms with van der Waals surface area (Å²) in [7, 11) is 0.